The molecule has 0 bridgehead atoms. The molecule has 0 saturated heterocycles. The number of halogens is 1. The largest absolute Gasteiger partial charge is 0.352 e. The van der Waals surface area contributed by atoms with Crippen molar-refractivity contribution in [2.24, 2.45) is 5.14 Å². The fourth-order valence-electron chi connectivity index (χ4n) is 1.54. The SMILES string of the molecule is CCCCCNC(=O)c1cc(Cl)cc(S(N)(=O)=O)c1. The van der Waals surface area contributed by atoms with Gasteiger partial charge in [-0.3, -0.25) is 4.79 Å². The molecule has 3 N–H and O–H groups in total. The van der Waals surface area contributed by atoms with E-state index in [9.17, 15) is 13.2 Å². The van der Waals surface area contributed by atoms with Crippen molar-refractivity contribution in [3.05, 3.63) is 28.8 Å². The summed E-state index contributed by atoms with van der Waals surface area (Å²) >= 11 is 5.78. The summed E-state index contributed by atoms with van der Waals surface area (Å²) in [6.45, 7) is 2.61. The minimum Gasteiger partial charge on any atom is -0.352 e. The topological polar surface area (TPSA) is 89.3 Å². The van der Waals surface area contributed by atoms with Crippen LogP contribution in [0.15, 0.2) is 23.1 Å². The molecule has 0 heterocycles. The van der Waals surface area contributed by atoms with Gasteiger partial charge in [0, 0.05) is 17.1 Å². The number of nitrogens with one attached hydrogen (secondary N) is 1. The third-order valence-corrected chi connectivity index (χ3v) is 3.64. The Morgan fingerprint density at radius 2 is 2.00 bits per heavy atom. The van der Waals surface area contributed by atoms with Gasteiger partial charge in [0.1, 0.15) is 0 Å². The zero-order valence-corrected chi connectivity index (χ0v) is 12.2. The normalized spacial score (nSPS) is 11.3. The Kier molecular flexibility index (Phi) is 5.78. The van der Waals surface area contributed by atoms with Gasteiger partial charge in [-0.1, -0.05) is 31.4 Å². The van der Waals surface area contributed by atoms with E-state index in [0.717, 1.165) is 19.3 Å². The van der Waals surface area contributed by atoms with Crippen LogP contribution in [0.25, 0.3) is 0 Å². The summed E-state index contributed by atoms with van der Waals surface area (Å²) in [6, 6.07) is 3.84. The number of carbonyl (C=O) groups is 1. The van der Waals surface area contributed by atoms with Crippen molar-refractivity contribution in [1.29, 1.82) is 0 Å². The number of hydrogen-bond acceptors (Lipinski definition) is 3. The van der Waals surface area contributed by atoms with Gasteiger partial charge in [-0.05, 0) is 24.6 Å². The standard InChI is InChI=1S/C12H17ClN2O3S/c1-2-3-4-5-15-12(16)9-6-10(13)8-11(7-9)19(14,17)18/h6-8H,2-5H2,1H3,(H,15,16)(H2,14,17,18). The van der Waals surface area contributed by atoms with Crippen LogP contribution in [0.2, 0.25) is 5.02 Å². The van der Waals surface area contributed by atoms with Crippen molar-refractivity contribution >= 4 is 27.5 Å². The quantitative estimate of drug-likeness (QED) is 0.787. The third-order valence-electron chi connectivity index (χ3n) is 2.53. The van der Waals surface area contributed by atoms with Crippen LogP contribution in [0.5, 0.6) is 0 Å². The van der Waals surface area contributed by atoms with E-state index in [1.165, 1.54) is 18.2 Å². The minimum absolute atomic E-state index is 0.158. The van der Waals surface area contributed by atoms with Crippen LogP contribution in [-0.2, 0) is 10.0 Å². The van der Waals surface area contributed by atoms with Gasteiger partial charge in [0.25, 0.3) is 5.91 Å². The Morgan fingerprint density at radius 1 is 1.32 bits per heavy atom. The summed E-state index contributed by atoms with van der Waals surface area (Å²) < 4.78 is 22.5. The number of unbranched alkanes of at least 4 members (excludes halogenated alkanes) is 2. The highest BCUT2D eigenvalue weighted by molar-refractivity contribution is 7.89. The van der Waals surface area contributed by atoms with Gasteiger partial charge in [0.15, 0.2) is 0 Å². The number of carbonyl (C=O) groups excluding carboxylic acids is 1. The van der Waals surface area contributed by atoms with E-state index >= 15 is 0 Å². The van der Waals surface area contributed by atoms with Gasteiger partial charge in [-0.2, -0.15) is 0 Å². The lowest BCUT2D eigenvalue weighted by Gasteiger charge is -2.07. The molecule has 1 aromatic carbocycles. The summed E-state index contributed by atoms with van der Waals surface area (Å²) in [5.41, 5.74) is 0.188. The average Bonchev–Trinajstić information content (AvgIpc) is 2.32. The zero-order chi connectivity index (χ0) is 14.5. The molecule has 5 nitrogen and oxygen atoms in total. The van der Waals surface area contributed by atoms with E-state index in [0.29, 0.717) is 6.54 Å². The molecule has 0 radical (unpaired) electrons. The number of benzene rings is 1. The summed E-state index contributed by atoms with van der Waals surface area (Å²) in [4.78, 5) is 11.7. The monoisotopic (exact) mass is 304 g/mol. The highest BCUT2D eigenvalue weighted by Crippen LogP contribution is 2.18. The lowest BCUT2D eigenvalue weighted by atomic mass is 10.2. The van der Waals surface area contributed by atoms with E-state index in [1.807, 2.05) is 0 Å². The second-order valence-corrected chi connectivity index (χ2v) is 6.18. The first-order valence-electron chi connectivity index (χ1n) is 5.96. The first-order chi connectivity index (χ1) is 8.84. The molecule has 0 aliphatic carbocycles. The van der Waals surface area contributed by atoms with Gasteiger partial charge < -0.3 is 5.32 Å². The molecule has 1 rings (SSSR count). The first-order valence-corrected chi connectivity index (χ1v) is 7.88. The molecule has 0 aliphatic rings. The van der Waals surface area contributed by atoms with Crippen LogP contribution in [0, 0.1) is 0 Å². The highest BCUT2D eigenvalue weighted by Gasteiger charge is 2.13. The van der Waals surface area contributed by atoms with Gasteiger partial charge in [-0.15, -0.1) is 0 Å². The summed E-state index contributed by atoms with van der Waals surface area (Å²) in [6.07, 6.45) is 2.96. The molecular formula is C12H17ClN2O3S. The molecule has 106 valence electrons. The molecule has 19 heavy (non-hydrogen) atoms. The maximum Gasteiger partial charge on any atom is 0.251 e. The van der Waals surface area contributed by atoms with Crippen LogP contribution in [0.1, 0.15) is 36.5 Å². The molecule has 0 saturated carbocycles. The van der Waals surface area contributed by atoms with E-state index in [1.54, 1.807) is 0 Å². The molecule has 0 spiro atoms. The van der Waals surface area contributed by atoms with Gasteiger partial charge in [0.2, 0.25) is 10.0 Å². The summed E-state index contributed by atoms with van der Waals surface area (Å²) in [7, 11) is -3.87. The molecule has 1 amide bonds. The molecule has 7 heteroatoms. The molecule has 0 atom stereocenters. The van der Waals surface area contributed by atoms with Crippen molar-refractivity contribution in [3.63, 3.8) is 0 Å². The Balaban J connectivity index is 2.83. The second-order valence-electron chi connectivity index (χ2n) is 4.18. The smallest absolute Gasteiger partial charge is 0.251 e. The Morgan fingerprint density at radius 3 is 2.58 bits per heavy atom. The van der Waals surface area contributed by atoms with E-state index in [4.69, 9.17) is 16.7 Å². The lowest BCUT2D eigenvalue weighted by molar-refractivity contribution is 0.0952. The average molecular weight is 305 g/mol. The lowest BCUT2D eigenvalue weighted by Crippen LogP contribution is -2.25. The van der Waals surface area contributed by atoms with Crippen LogP contribution < -0.4 is 10.5 Å². The number of amides is 1. The number of nitrogens with two attached hydrogens (primary N) is 1. The fraction of sp³-hybridized carbons (Fsp3) is 0.417. The second kappa shape index (κ2) is 6.88. The number of hydrogen-bond donors (Lipinski definition) is 2. The van der Waals surface area contributed by atoms with Crippen molar-refractivity contribution in [1.82, 2.24) is 5.32 Å². The predicted octanol–water partition coefficient (Wildman–Crippen LogP) is 1.91. The van der Waals surface area contributed by atoms with Crippen LogP contribution >= 0.6 is 11.6 Å². The minimum atomic E-state index is -3.87. The summed E-state index contributed by atoms with van der Waals surface area (Å²) in [5.74, 6) is -0.358. The fourth-order valence-corrected chi connectivity index (χ4v) is 2.42. The molecular weight excluding hydrogens is 288 g/mol. The first kappa shape index (κ1) is 15.9. The van der Waals surface area contributed by atoms with E-state index in [-0.39, 0.29) is 21.4 Å². The molecule has 0 fully saturated rings. The summed E-state index contributed by atoms with van der Waals surface area (Å²) in [5, 5.41) is 7.88. The van der Waals surface area contributed by atoms with Crippen molar-refractivity contribution in [2.45, 2.75) is 31.1 Å². The van der Waals surface area contributed by atoms with Gasteiger partial charge >= 0.3 is 0 Å². The Bertz CT molecular complexity index is 558. The maximum atomic E-state index is 11.8. The predicted molar refractivity (Wildman–Crippen MR) is 74.7 cm³/mol. The van der Waals surface area contributed by atoms with Crippen LogP contribution in [-0.4, -0.2) is 20.9 Å². The molecule has 0 aromatic heterocycles. The number of primary sulfonamides is 1. The Labute approximate surface area is 118 Å². The van der Waals surface area contributed by atoms with Crippen molar-refractivity contribution < 1.29 is 13.2 Å². The third kappa shape index (κ3) is 5.18. The molecule has 1 aromatic rings. The highest BCUT2D eigenvalue weighted by atomic mass is 35.5. The number of sulfonamides is 1. The molecule has 0 aliphatic heterocycles. The van der Waals surface area contributed by atoms with Crippen molar-refractivity contribution in [3.8, 4) is 0 Å². The molecule has 0 unspecified atom stereocenters. The Hall–Kier alpha value is -1.11. The van der Waals surface area contributed by atoms with Crippen molar-refractivity contribution in [2.75, 3.05) is 6.54 Å². The van der Waals surface area contributed by atoms with E-state index in [2.05, 4.69) is 12.2 Å². The van der Waals surface area contributed by atoms with Gasteiger partial charge in [-0.25, -0.2) is 13.6 Å². The zero-order valence-electron chi connectivity index (χ0n) is 10.6. The van der Waals surface area contributed by atoms with Crippen LogP contribution in [0.3, 0.4) is 0 Å². The maximum absolute atomic E-state index is 11.8. The van der Waals surface area contributed by atoms with E-state index < -0.39 is 10.0 Å². The number of rotatable bonds is 6. The van der Waals surface area contributed by atoms with Gasteiger partial charge in [0.05, 0.1) is 4.90 Å². The van der Waals surface area contributed by atoms with Crippen LogP contribution in [0.4, 0.5) is 0 Å².